The SMILES string of the molecule is CCOc1cc(Br)c(C(Cl)c2csc(I)c2)cc1OCC. The van der Waals surface area contributed by atoms with Crippen LogP contribution in [-0.2, 0) is 0 Å². The number of hydrogen-bond acceptors (Lipinski definition) is 3. The molecule has 6 heteroatoms. The number of hydrogen-bond donors (Lipinski definition) is 0. The van der Waals surface area contributed by atoms with Gasteiger partial charge in [-0.3, -0.25) is 0 Å². The smallest absolute Gasteiger partial charge is 0.162 e. The van der Waals surface area contributed by atoms with Crippen molar-refractivity contribution in [1.82, 2.24) is 0 Å². The number of rotatable bonds is 6. The first-order valence-electron chi connectivity index (χ1n) is 6.53. The van der Waals surface area contributed by atoms with Gasteiger partial charge < -0.3 is 9.47 Å². The van der Waals surface area contributed by atoms with Crippen molar-refractivity contribution < 1.29 is 9.47 Å². The second kappa shape index (κ2) is 8.04. The first kappa shape index (κ1) is 17.4. The highest BCUT2D eigenvalue weighted by atomic mass is 127. The molecule has 0 bridgehead atoms. The van der Waals surface area contributed by atoms with Crippen LogP contribution in [-0.4, -0.2) is 13.2 Å². The molecule has 0 aliphatic rings. The van der Waals surface area contributed by atoms with Crippen LogP contribution in [0.3, 0.4) is 0 Å². The van der Waals surface area contributed by atoms with Gasteiger partial charge in [-0.2, -0.15) is 0 Å². The molecule has 1 aromatic heterocycles. The minimum atomic E-state index is -0.214. The van der Waals surface area contributed by atoms with Crippen LogP contribution < -0.4 is 9.47 Å². The molecule has 2 aromatic rings. The van der Waals surface area contributed by atoms with Crippen LogP contribution in [0.5, 0.6) is 11.5 Å². The predicted octanol–water partition coefficient (Wildman–Crippen LogP) is 6.24. The lowest BCUT2D eigenvalue weighted by molar-refractivity contribution is 0.287. The van der Waals surface area contributed by atoms with E-state index in [1.807, 2.05) is 26.0 Å². The summed E-state index contributed by atoms with van der Waals surface area (Å²) < 4.78 is 13.4. The van der Waals surface area contributed by atoms with Gasteiger partial charge in [0, 0.05) is 4.47 Å². The molecule has 0 aliphatic heterocycles. The molecule has 0 N–H and O–H groups in total. The van der Waals surface area contributed by atoms with Crippen LogP contribution in [0.15, 0.2) is 28.1 Å². The topological polar surface area (TPSA) is 18.5 Å². The third-order valence-electron chi connectivity index (χ3n) is 2.82. The maximum Gasteiger partial charge on any atom is 0.162 e. The molecule has 0 aliphatic carbocycles. The Labute approximate surface area is 156 Å². The van der Waals surface area contributed by atoms with E-state index in [0.717, 1.165) is 27.1 Å². The highest BCUT2D eigenvalue weighted by molar-refractivity contribution is 14.1. The minimum Gasteiger partial charge on any atom is -0.490 e. The van der Waals surface area contributed by atoms with Crippen molar-refractivity contribution in [2.24, 2.45) is 0 Å². The standard InChI is InChI=1S/C15H15BrClIO2S/c1-3-19-12-6-10(11(16)7-13(12)20-4-2)15(17)9-5-14(18)21-8-9/h5-8,15H,3-4H2,1-2H3. The Morgan fingerprint density at radius 3 is 2.33 bits per heavy atom. The van der Waals surface area contributed by atoms with Gasteiger partial charge in [0.25, 0.3) is 0 Å². The lowest BCUT2D eigenvalue weighted by atomic mass is 10.1. The molecule has 0 saturated heterocycles. The quantitative estimate of drug-likeness (QED) is 0.345. The number of benzene rings is 1. The molecule has 0 saturated carbocycles. The Morgan fingerprint density at radius 2 is 1.81 bits per heavy atom. The van der Waals surface area contributed by atoms with E-state index < -0.39 is 0 Å². The van der Waals surface area contributed by atoms with Gasteiger partial charge in [-0.15, -0.1) is 22.9 Å². The summed E-state index contributed by atoms with van der Waals surface area (Å²) in [6.45, 7) is 5.09. The van der Waals surface area contributed by atoms with Gasteiger partial charge >= 0.3 is 0 Å². The van der Waals surface area contributed by atoms with E-state index in [4.69, 9.17) is 21.1 Å². The maximum absolute atomic E-state index is 6.63. The number of halogens is 3. The van der Waals surface area contributed by atoms with Crippen LogP contribution in [0.2, 0.25) is 0 Å². The van der Waals surface area contributed by atoms with Gasteiger partial charge in [-0.05, 0) is 71.1 Å². The zero-order valence-electron chi connectivity index (χ0n) is 11.7. The summed E-state index contributed by atoms with van der Waals surface area (Å²) in [6, 6.07) is 5.99. The van der Waals surface area contributed by atoms with Gasteiger partial charge in [0.05, 0.1) is 21.5 Å². The zero-order valence-corrected chi connectivity index (χ0v) is 17.0. The summed E-state index contributed by atoms with van der Waals surface area (Å²) in [4.78, 5) is 0. The largest absolute Gasteiger partial charge is 0.490 e. The molecule has 2 nitrogen and oxygen atoms in total. The molecule has 1 aromatic carbocycles. The fraction of sp³-hybridized carbons (Fsp3) is 0.333. The molecular weight excluding hydrogens is 486 g/mol. The summed E-state index contributed by atoms with van der Waals surface area (Å²) in [5.41, 5.74) is 2.08. The molecule has 0 fully saturated rings. The van der Waals surface area contributed by atoms with Crippen LogP contribution in [0.4, 0.5) is 0 Å². The van der Waals surface area contributed by atoms with Crippen LogP contribution in [0, 0.1) is 2.88 Å². The zero-order chi connectivity index (χ0) is 15.4. The van der Waals surface area contributed by atoms with E-state index in [1.54, 1.807) is 11.3 Å². The van der Waals surface area contributed by atoms with Crippen molar-refractivity contribution >= 4 is 61.5 Å². The van der Waals surface area contributed by atoms with E-state index in [2.05, 4.69) is 50.0 Å². The van der Waals surface area contributed by atoms with Crippen molar-refractivity contribution in [3.63, 3.8) is 0 Å². The molecule has 21 heavy (non-hydrogen) atoms. The fourth-order valence-electron chi connectivity index (χ4n) is 1.92. The third kappa shape index (κ3) is 4.27. The Morgan fingerprint density at radius 1 is 1.19 bits per heavy atom. The molecule has 1 unspecified atom stereocenters. The lowest BCUT2D eigenvalue weighted by Crippen LogP contribution is -2.01. The number of alkyl halides is 1. The predicted molar refractivity (Wildman–Crippen MR) is 101 cm³/mol. The summed E-state index contributed by atoms with van der Waals surface area (Å²) >= 11 is 14.2. The number of ether oxygens (including phenoxy) is 2. The average molecular weight is 502 g/mol. The second-order valence-corrected chi connectivity index (χ2v) is 8.33. The normalized spacial score (nSPS) is 12.2. The highest BCUT2D eigenvalue weighted by Gasteiger charge is 2.19. The van der Waals surface area contributed by atoms with Gasteiger partial charge in [0.2, 0.25) is 0 Å². The first-order valence-corrected chi connectivity index (χ1v) is 9.72. The third-order valence-corrected chi connectivity index (χ3v) is 5.80. The fourth-order valence-corrected chi connectivity index (χ4v) is 4.38. The summed E-state index contributed by atoms with van der Waals surface area (Å²) in [6.07, 6.45) is 0. The minimum absolute atomic E-state index is 0.214. The average Bonchev–Trinajstić information content (AvgIpc) is 2.88. The van der Waals surface area contributed by atoms with E-state index in [1.165, 1.54) is 2.88 Å². The molecule has 114 valence electrons. The lowest BCUT2D eigenvalue weighted by Gasteiger charge is -2.16. The van der Waals surface area contributed by atoms with Gasteiger partial charge in [-0.1, -0.05) is 15.9 Å². The molecule has 0 amide bonds. The Kier molecular flexibility index (Phi) is 6.65. The van der Waals surface area contributed by atoms with Crippen LogP contribution in [0.1, 0.15) is 30.4 Å². The van der Waals surface area contributed by atoms with E-state index in [9.17, 15) is 0 Å². The molecule has 0 spiro atoms. The maximum atomic E-state index is 6.63. The Bertz CT molecular complexity index is 618. The van der Waals surface area contributed by atoms with Gasteiger partial charge in [0.15, 0.2) is 11.5 Å². The Hall–Kier alpha value is 0.0200. The second-order valence-electron chi connectivity index (χ2n) is 4.23. The molecular formula is C15H15BrClIO2S. The van der Waals surface area contributed by atoms with Crippen LogP contribution in [0.25, 0.3) is 0 Å². The van der Waals surface area contributed by atoms with Gasteiger partial charge in [-0.25, -0.2) is 0 Å². The highest BCUT2D eigenvalue weighted by Crippen LogP contribution is 2.41. The van der Waals surface area contributed by atoms with E-state index in [-0.39, 0.29) is 5.38 Å². The van der Waals surface area contributed by atoms with Crippen LogP contribution >= 0.6 is 61.5 Å². The summed E-state index contributed by atoms with van der Waals surface area (Å²) in [7, 11) is 0. The Balaban J connectivity index is 2.40. The van der Waals surface area contributed by atoms with Crippen molar-refractivity contribution in [3.05, 3.63) is 42.1 Å². The molecule has 1 atom stereocenters. The molecule has 0 radical (unpaired) electrons. The summed E-state index contributed by atoms with van der Waals surface area (Å²) in [5.74, 6) is 1.46. The first-order chi connectivity index (χ1) is 10.1. The molecule has 1 heterocycles. The molecule has 2 rings (SSSR count). The van der Waals surface area contributed by atoms with Crippen molar-refractivity contribution in [3.8, 4) is 11.5 Å². The number of thiophene rings is 1. The monoisotopic (exact) mass is 500 g/mol. The van der Waals surface area contributed by atoms with Crippen molar-refractivity contribution in [2.75, 3.05) is 13.2 Å². The van der Waals surface area contributed by atoms with E-state index in [0.29, 0.717) is 13.2 Å². The van der Waals surface area contributed by atoms with Gasteiger partial charge in [0.1, 0.15) is 0 Å². The van der Waals surface area contributed by atoms with Crippen molar-refractivity contribution in [1.29, 1.82) is 0 Å². The van der Waals surface area contributed by atoms with E-state index >= 15 is 0 Å². The van der Waals surface area contributed by atoms with Crippen molar-refractivity contribution in [2.45, 2.75) is 19.2 Å². The summed E-state index contributed by atoms with van der Waals surface area (Å²) in [5, 5.41) is 1.87.